The van der Waals surface area contributed by atoms with E-state index in [1.165, 1.54) is 11.3 Å². The largest absolute Gasteiger partial charge is 0.381 e. The number of nitrogens with one attached hydrogen (secondary N) is 1. The first-order valence-corrected chi connectivity index (χ1v) is 8.86. The molecule has 1 unspecified atom stereocenters. The number of ether oxygens (including phenoxy) is 1. The third kappa shape index (κ3) is 7.40. The maximum Gasteiger partial charge on any atom is 0.193 e. The molecule has 1 N–H and O–H groups in total. The van der Waals surface area contributed by atoms with Gasteiger partial charge in [0.1, 0.15) is 0 Å². The standard InChI is InChI=1S/C19H32N4O.HI/c1-20-19(23(4)14-17-11-13-24-15-17)21-12-5-6-16-7-9-18(10-8-16)22(2)3;/h7-10,17H,5-6,11-15H2,1-4H3,(H,20,21);1H. The van der Waals surface area contributed by atoms with Crippen molar-refractivity contribution in [2.75, 3.05) is 59.4 Å². The first-order chi connectivity index (χ1) is 11.6. The SMILES string of the molecule is CN=C(NCCCc1ccc(N(C)C)cc1)N(C)CC1CCOC1.I. The highest BCUT2D eigenvalue weighted by Crippen LogP contribution is 2.14. The molecule has 6 heteroatoms. The zero-order valence-corrected chi connectivity index (χ0v) is 18.3. The number of aryl methyl sites for hydroxylation is 1. The van der Waals surface area contributed by atoms with Gasteiger partial charge in [0.25, 0.3) is 0 Å². The molecule has 0 aliphatic carbocycles. The molecule has 1 saturated heterocycles. The lowest BCUT2D eigenvalue weighted by Gasteiger charge is -2.24. The third-order valence-electron chi connectivity index (χ3n) is 4.51. The van der Waals surface area contributed by atoms with Crippen LogP contribution in [0.15, 0.2) is 29.3 Å². The van der Waals surface area contributed by atoms with Gasteiger partial charge in [-0.1, -0.05) is 12.1 Å². The van der Waals surface area contributed by atoms with Crippen LogP contribution in [0.2, 0.25) is 0 Å². The van der Waals surface area contributed by atoms with E-state index in [4.69, 9.17) is 4.74 Å². The summed E-state index contributed by atoms with van der Waals surface area (Å²) < 4.78 is 5.45. The highest BCUT2D eigenvalue weighted by Gasteiger charge is 2.18. The molecule has 0 amide bonds. The van der Waals surface area contributed by atoms with E-state index < -0.39 is 0 Å². The summed E-state index contributed by atoms with van der Waals surface area (Å²) in [6.07, 6.45) is 3.34. The van der Waals surface area contributed by atoms with E-state index in [0.717, 1.165) is 51.5 Å². The van der Waals surface area contributed by atoms with Gasteiger partial charge in [-0.25, -0.2) is 0 Å². The summed E-state index contributed by atoms with van der Waals surface area (Å²) in [6.45, 7) is 3.72. The summed E-state index contributed by atoms with van der Waals surface area (Å²) in [5.74, 6) is 1.61. The Labute approximate surface area is 169 Å². The third-order valence-corrected chi connectivity index (χ3v) is 4.51. The van der Waals surface area contributed by atoms with Crippen LogP contribution in [0.1, 0.15) is 18.4 Å². The number of halogens is 1. The lowest BCUT2D eigenvalue weighted by molar-refractivity contribution is 0.181. The molecule has 0 spiro atoms. The van der Waals surface area contributed by atoms with Crippen molar-refractivity contribution in [3.8, 4) is 0 Å². The minimum atomic E-state index is 0. The van der Waals surface area contributed by atoms with E-state index in [1.807, 2.05) is 7.05 Å². The summed E-state index contributed by atoms with van der Waals surface area (Å²) in [5, 5.41) is 3.47. The van der Waals surface area contributed by atoms with Crippen LogP contribution in [-0.2, 0) is 11.2 Å². The topological polar surface area (TPSA) is 40.1 Å². The number of hydrogen-bond acceptors (Lipinski definition) is 3. The first kappa shape index (κ1) is 22.0. The molecule has 1 atom stereocenters. The van der Waals surface area contributed by atoms with Crippen molar-refractivity contribution in [1.82, 2.24) is 10.2 Å². The van der Waals surface area contributed by atoms with Crippen molar-refractivity contribution < 1.29 is 4.74 Å². The maximum absolute atomic E-state index is 5.45. The Hall–Kier alpha value is -1.02. The Morgan fingerprint density at radius 1 is 1.24 bits per heavy atom. The van der Waals surface area contributed by atoms with Crippen LogP contribution in [-0.4, -0.2) is 65.4 Å². The van der Waals surface area contributed by atoms with Gasteiger partial charge < -0.3 is 19.9 Å². The summed E-state index contributed by atoms with van der Waals surface area (Å²) in [4.78, 5) is 8.73. The van der Waals surface area contributed by atoms with Crippen LogP contribution in [0.5, 0.6) is 0 Å². The van der Waals surface area contributed by atoms with Gasteiger partial charge in [-0.2, -0.15) is 0 Å². The van der Waals surface area contributed by atoms with Crippen LogP contribution in [0.25, 0.3) is 0 Å². The van der Waals surface area contributed by atoms with E-state index >= 15 is 0 Å². The number of hydrogen-bond donors (Lipinski definition) is 1. The summed E-state index contributed by atoms with van der Waals surface area (Å²) >= 11 is 0. The smallest absolute Gasteiger partial charge is 0.193 e. The van der Waals surface area contributed by atoms with Gasteiger partial charge in [0.2, 0.25) is 0 Å². The molecular formula is C19H33IN4O. The fourth-order valence-electron chi connectivity index (χ4n) is 3.04. The fourth-order valence-corrected chi connectivity index (χ4v) is 3.04. The van der Waals surface area contributed by atoms with Crippen molar-refractivity contribution in [2.24, 2.45) is 10.9 Å². The highest BCUT2D eigenvalue weighted by atomic mass is 127. The molecule has 0 saturated carbocycles. The second-order valence-electron chi connectivity index (χ2n) is 6.75. The summed E-state index contributed by atoms with van der Waals surface area (Å²) in [5.41, 5.74) is 2.63. The van der Waals surface area contributed by atoms with Gasteiger partial charge in [-0.05, 0) is 37.0 Å². The van der Waals surface area contributed by atoms with Gasteiger partial charge in [-0.3, -0.25) is 4.99 Å². The maximum atomic E-state index is 5.45. The monoisotopic (exact) mass is 460 g/mol. The number of nitrogens with zero attached hydrogens (tertiary/aromatic N) is 3. The molecule has 5 nitrogen and oxygen atoms in total. The van der Waals surface area contributed by atoms with E-state index in [1.54, 1.807) is 0 Å². The Balaban J connectivity index is 0.00000312. The molecule has 1 aromatic rings. The average Bonchev–Trinajstić information content (AvgIpc) is 3.08. The average molecular weight is 460 g/mol. The number of guanidine groups is 1. The van der Waals surface area contributed by atoms with Gasteiger partial charge in [0.05, 0.1) is 6.61 Å². The Morgan fingerprint density at radius 2 is 1.96 bits per heavy atom. The van der Waals surface area contributed by atoms with Gasteiger partial charge in [0.15, 0.2) is 5.96 Å². The molecule has 1 fully saturated rings. The Bertz CT molecular complexity index is 513. The molecule has 1 heterocycles. The molecular weight excluding hydrogens is 427 g/mol. The second kappa shape index (κ2) is 11.6. The van der Waals surface area contributed by atoms with Crippen molar-refractivity contribution in [3.05, 3.63) is 29.8 Å². The number of rotatable bonds is 7. The quantitative estimate of drug-likeness (QED) is 0.294. The number of benzene rings is 1. The zero-order valence-electron chi connectivity index (χ0n) is 16.0. The fraction of sp³-hybridized carbons (Fsp3) is 0.632. The van der Waals surface area contributed by atoms with Crippen LogP contribution >= 0.6 is 24.0 Å². The molecule has 1 aliphatic rings. The van der Waals surface area contributed by atoms with Gasteiger partial charge in [-0.15, -0.1) is 24.0 Å². The minimum absolute atomic E-state index is 0. The van der Waals surface area contributed by atoms with Crippen LogP contribution in [0.4, 0.5) is 5.69 Å². The Kier molecular flexibility index (Phi) is 10.2. The second-order valence-corrected chi connectivity index (χ2v) is 6.75. The van der Waals surface area contributed by atoms with Crippen molar-refractivity contribution in [1.29, 1.82) is 0 Å². The lowest BCUT2D eigenvalue weighted by atomic mass is 10.1. The van der Waals surface area contributed by atoms with Crippen molar-refractivity contribution >= 4 is 35.6 Å². The predicted molar refractivity (Wildman–Crippen MR) is 117 cm³/mol. The predicted octanol–water partition coefficient (Wildman–Crippen LogP) is 2.85. The van der Waals surface area contributed by atoms with Crippen molar-refractivity contribution in [2.45, 2.75) is 19.3 Å². The molecule has 1 aliphatic heterocycles. The lowest BCUT2D eigenvalue weighted by Crippen LogP contribution is -2.41. The Morgan fingerprint density at radius 3 is 2.52 bits per heavy atom. The van der Waals surface area contributed by atoms with Crippen molar-refractivity contribution in [3.63, 3.8) is 0 Å². The summed E-state index contributed by atoms with van der Waals surface area (Å²) in [6, 6.07) is 8.80. The van der Waals surface area contributed by atoms with Crippen LogP contribution in [0, 0.1) is 5.92 Å². The minimum Gasteiger partial charge on any atom is -0.381 e. The molecule has 0 aromatic heterocycles. The normalized spacial score (nSPS) is 17.1. The zero-order chi connectivity index (χ0) is 17.4. The highest BCUT2D eigenvalue weighted by molar-refractivity contribution is 14.0. The van der Waals surface area contributed by atoms with E-state index in [2.05, 4.69) is 65.5 Å². The first-order valence-electron chi connectivity index (χ1n) is 8.86. The number of aliphatic imine (C=N–C) groups is 1. The number of anilines is 1. The van der Waals surface area contributed by atoms with Gasteiger partial charge >= 0.3 is 0 Å². The molecule has 142 valence electrons. The molecule has 0 bridgehead atoms. The summed E-state index contributed by atoms with van der Waals surface area (Å²) in [7, 11) is 8.09. The van der Waals surface area contributed by atoms with E-state index in [-0.39, 0.29) is 24.0 Å². The molecule has 0 radical (unpaired) electrons. The van der Waals surface area contributed by atoms with E-state index in [9.17, 15) is 0 Å². The molecule has 2 rings (SSSR count). The molecule has 25 heavy (non-hydrogen) atoms. The van der Waals surface area contributed by atoms with Crippen LogP contribution in [0.3, 0.4) is 0 Å². The van der Waals surface area contributed by atoms with Crippen LogP contribution < -0.4 is 10.2 Å². The molecule has 1 aromatic carbocycles. The van der Waals surface area contributed by atoms with E-state index in [0.29, 0.717) is 5.92 Å². The van der Waals surface area contributed by atoms with Gasteiger partial charge in [0, 0.05) is 59.5 Å².